The van der Waals surface area contributed by atoms with Crippen molar-refractivity contribution in [2.45, 2.75) is 167 Å². The second-order valence-electron chi connectivity index (χ2n) is 11.5. The first kappa shape index (κ1) is 37.0. The average molecular weight is 541 g/mol. The van der Waals surface area contributed by atoms with Crippen molar-refractivity contribution in [3.05, 3.63) is 0 Å². The Labute approximate surface area is 236 Å². The first-order valence-electron chi connectivity index (χ1n) is 16.1. The highest BCUT2D eigenvalue weighted by Gasteiger charge is 2.20. The van der Waals surface area contributed by atoms with Crippen molar-refractivity contribution in [1.29, 1.82) is 0 Å². The van der Waals surface area contributed by atoms with Gasteiger partial charge < -0.3 is 24.9 Å². The molecule has 38 heavy (non-hydrogen) atoms. The van der Waals surface area contributed by atoms with E-state index < -0.39 is 0 Å². The number of carbonyl (C=O) groups excluding carboxylic acids is 2. The molecule has 1 aliphatic heterocycles. The Balaban J connectivity index is 0.00000103. The van der Waals surface area contributed by atoms with Crippen LogP contribution in [0.25, 0.3) is 0 Å². The number of aliphatic hydroxyl groups is 1. The molecule has 0 aromatic heterocycles. The molecule has 0 aromatic rings. The van der Waals surface area contributed by atoms with Crippen LogP contribution in [0, 0.1) is 0 Å². The predicted molar refractivity (Wildman–Crippen MR) is 161 cm³/mol. The van der Waals surface area contributed by atoms with Gasteiger partial charge in [-0.2, -0.15) is 0 Å². The fourth-order valence-corrected chi connectivity index (χ4v) is 4.92. The van der Waals surface area contributed by atoms with E-state index >= 15 is 0 Å². The summed E-state index contributed by atoms with van der Waals surface area (Å²) in [5.41, 5.74) is 0. The number of unbranched alkanes of at least 4 members (excludes halogenated alkanes) is 14. The van der Waals surface area contributed by atoms with Gasteiger partial charge in [0.15, 0.2) is 0 Å². The molecule has 0 saturated carbocycles. The van der Waals surface area contributed by atoms with Crippen LogP contribution in [-0.4, -0.2) is 67.2 Å². The van der Waals surface area contributed by atoms with E-state index in [2.05, 4.69) is 38.0 Å². The summed E-state index contributed by atoms with van der Waals surface area (Å²) >= 11 is 0. The number of aliphatic hydroxyl groups excluding tert-OH is 1. The molecule has 1 fully saturated rings. The highest BCUT2D eigenvalue weighted by Crippen LogP contribution is 2.15. The molecule has 2 unspecified atom stereocenters. The van der Waals surface area contributed by atoms with Crippen LogP contribution in [0.15, 0.2) is 0 Å². The van der Waals surface area contributed by atoms with Crippen molar-refractivity contribution in [2.24, 2.45) is 0 Å². The Morgan fingerprint density at radius 3 is 2.00 bits per heavy atom. The Hall–Kier alpha value is -0.980. The zero-order valence-corrected chi connectivity index (χ0v) is 25.7. The number of aldehydes is 1. The Kier molecular flexibility index (Phi) is 26.9. The number of hydrogen-bond donors (Lipinski definition) is 2. The van der Waals surface area contributed by atoms with Crippen LogP contribution in [0.5, 0.6) is 0 Å². The van der Waals surface area contributed by atoms with Gasteiger partial charge in [0.05, 0.1) is 25.4 Å². The van der Waals surface area contributed by atoms with Crippen LogP contribution in [-0.2, 0) is 14.3 Å². The molecule has 6 heteroatoms. The van der Waals surface area contributed by atoms with E-state index in [1.807, 2.05) is 0 Å². The van der Waals surface area contributed by atoms with E-state index in [-0.39, 0.29) is 18.6 Å². The minimum absolute atomic E-state index is 0.0224. The van der Waals surface area contributed by atoms with Gasteiger partial charge in [0, 0.05) is 18.9 Å². The summed E-state index contributed by atoms with van der Waals surface area (Å²) in [6.07, 6.45) is 24.5. The van der Waals surface area contributed by atoms with Crippen LogP contribution in [0.1, 0.15) is 149 Å². The molecule has 6 nitrogen and oxygen atoms in total. The molecule has 0 radical (unpaired) electrons. The van der Waals surface area contributed by atoms with Crippen LogP contribution < -0.4 is 5.32 Å². The number of amides is 1. The lowest BCUT2D eigenvalue weighted by Gasteiger charge is -2.20. The fourth-order valence-electron chi connectivity index (χ4n) is 4.92. The minimum Gasteiger partial charge on any atom is -0.394 e. The number of ether oxygens (including phenoxy) is 1. The van der Waals surface area contributed by atoms with Gasteiger partial charge in [-0.3, -0.25) is 4.79 Å². The fraction of sp³-hybridized carbons (Fsp3) is 0.938. The summed E-state index contributed by atoms with van der Waals surface area (Å²) in [5.74, 6) is 0.0486. The second kappa shape index (κ2) is 27.6. The first-order valence-corrected chi connectivity index (χ1v) is 16.1. The van der Waals surface area contributed by atoms with E-state index in [0.717, 1.165) is 45.0 Å². The Morgan fingerprint density at radius 2 is 1.53 bits per heavy atom. The summed E-state index contributed by atoms with van der Waals surface area (Å²) in [5, 5.41) is 12.2. The molecule has 226 valence electrons. The molecule has 0 aliphatic carbocycles. The molecule has 0 bridgehead atoms. The standard InChI is InChI=1S/C23H45NO3.C9H19NO/c1-2-3-4-5-6-7-8-9-10-11-12-13-16-19-23(27)24-22(21-26)18-15-14-17-20-25;1-8(2)11-7-9-5-4-6-10(9)3/h20,22,26H,2-19,21H2,1H3,(H,24,27);8-9H,4-7H2,1-3H3. The van der Waals surface area contributed by atoms with E-state index in [0.29, 0.717) is 25.0 Å². The van der Waals surface area contributed by atoms with Crippen molar-refractivity contribution in [3.63, 3.8) is 0 Å². The van der Waals surface area contributed by atoms with Gasteiger partial charge in [-0.1, -0.05) is 90.4 Å². The summed E-state index contributed by atoms with van der Waals surface area (Å²) < 4.78 is 5.55. The van der Waals surface area contributed by atoms with E-state index in [1.165, 1.54) is 90.0 Å². The number of hydrogen-bond acceptors (Lipinski definition) is 5. The molecule has 1 heterocycles. The first-order chi connectivity index (χ1) is 18.4. The van der Waals surface area contributed by atoms with Gasteiger partial charge in [0.1, 0.15) is 6.29 Å². The molecule has 1 aliphatic rings. The third-order valence-electron chi connectivity index (χ3n) is 7.51. The van der Waals surface area contributed by atoms with Gasteiger partial charge in [0.25, 0.3) is 0 Å². The monoisotopic (exact) mass is 540 g/mol. The van der Waals surface area contributed by atoms with Gasteiger partial charge in [0.2, 0.25) is 5.91 Å². The van der Waals surface area contributed by atoms with Gasteiger partial charge in [-0.25, -0.2) is 0 Å². The summed E-state index contributed by atoms with van der Waals surface area (Å²) in [6.45, 7) is 8.58. The van der Waals surface area contributed by atoms with Crippen LogP contribution in [0.3, 0.4) is 0 Å². The Bertz CT molecular complexity index is 530. The molecule has 1 saturated heterocycles. The average Bonchev–Trinajstić information content (AvgIpc) is 3.32. The summed E-state index contributed by atoms with van der Waals surface area (Å²) in [6, 6.07) is 0.517. The Morgan fingerprint density at radius 1 is 0.947 bits per heavy atom. The number of nitrogens with zero attached hydrogens (tertiary/aromatic N) is 1. The third-order valence-corrected chi connectivity index (χ3v) is 7.51. The zero-order chi connectivity index (χ0) is 28.3. The molecule has 0 spiro atoms. The summed E-state index contributed by atoms with van der Waals surface area (Å²) in [4.78, 5) is 24.6. The zero-order valence-electron chi connectivity index (χ0n) is 25.7. The van der Waals surface area contributed by atoms with Crippen LogP contribution in [0.4, 0.5) is 0 Å². The third kappa shape index (κ3) is 24.1. The van der Waals surface area contributed by atoms with Gasteiger partial charge in [-0.15, -0.1) is 0 Å². The van der Waals surface area contributed by atoms with Crippen molar-refractivity contribution in [1.82, 2.24) is 10.2 Å². The quantitative estimate of drug-likeness (QED) is 0.0999. The minimum atomic E-state index is -0.161. The highest BCUT2D eigenvalue weighted by atomic mass is 16.5. The number of rotatable bonds is 24. The SMILES string of the molecule is CC(C)OCC1CCCN1C.CCCCCCCCCCCCCCCC(=O)NC(CO)CCCCC=O. The van der Waals surface area contributed by atoms with Crippen LogP contribution >= 0.6 is 0 Å². The smallest absolute Gasteiger partial charge is 0.220 e. The normalized spacial score (nSPS) is 16.3. The maximum atomic E-state index is 11.9. The van der Waals surface area contributed by atoms with E-state index in [9.17, 15) is 14.7 Å². The van der Waals surface area contributed by atoms with Crippen molar-refractivity contribution in [3.8, 4) is 0 Å². The number of likely N-dealkylation sites (tertiary alicyclic amines) is 1. The highest BCUT2D eigenvalue weighted by molar-refractivity contribution is 5.76. The van der Waals surface area contributed by atoms with Crippen molar-refractivity contribution >= 4 is 12.2 Å². The molecule has 2 N–H and O–H groups in total. The second-order valence-corrected chi connectivity index (χ2v) is 11.5. The lowest BCUT2D eigenvalue weighted by Crippen LogP contribution is -2.37. The lowest BCUT2D eigenvalue weighted by atomic mass is 10.0. The van der Waals surface area contributed by atoms with Gasteiger partial charge in [-0.05, 0) is 59.5 Å². The van der Waals surface area contributed by atoms with Crippen molar-refractivity contribution < 1.29 is 19.4 Å². The number of likely N-dealkylation sites (N-methyl/N-ethyl adjacent to an activating group) is 1. The molecular weight excluding hydrogens is 476 g/mol. The lowest BCUT2D eigenvalue weighted by molar-refractivity contribution is -0.122. The number of nitrogens with one attached hydrogen (secondary N) is 1. The molecule has 1 rings (SSSR count). The maximum Gasteiger partial charge on any atom is 0.220 e. The maximum absolute atomic E-state index is 11.9. The molecule has 1 amide bonds. The van der Waals surface area contributed by atoms with E-state index in [4.69, 9.17) is 4.74 Å². The van der Waals surface area contributed by atoms with E-state index in [1.54, 1.807) is 0 Å². The molecular formula is C32H64N2O4. The predicted octanol–water partition coefficient (Wildman–Crippen LogP) is 7.21. The largest absolute Gasteiger partial charge is 0.394 e. The molecule has 2 atom stereocenters. The van der Waals surface area contributed by atoms with Crippen molar-refractivity contribution in [2.75, 3.05) is 26.8 Å². The van der Waals surface area contributed by atoms with Crippen LogP contribution in [0.2, 0.25) is 0 Å². The topological polar surface area (TPSA) is 78.9 Å². The van der Waals surface area contributed by atoms with Gasteiger partial charge >= 0.3 is 0 Å². The summed E-state index contributed by atoms with van der Waals surface area (Å²) in [7, 11) is 2.18. The molecule has 0 aromatic carbocycles. The number of carbonyl (C=O) groups is 2.